The number of carboxylic acids is 2. The molecular weight excluding hydrogens is 254 g/mol. The second-order valence-corrected chi connectivity index (χ2v) is 4.96. The van der Waals surface area contributed by atoms with Crippen molar-refractivity contribution in [2.45, 2.75) is 31.7 Å². The third-order valence-corrected chi connectivity index (χ3v) is 3.62. The van der Waals surface area contributed by atoms with Gasteiger partial charge in [0.1, 0.15) is 0 Å². The molecule has 1 aliphatic rings. The van der Waals surface area contributed by atoms with E-state index in [1.54, 1.807) is 0 Å². The smallest absolute Gasteiger partial charge is 0.414 e. The lowest BCUT2D eigenvalue weighted by Crippen LogP contribution is -2.19. The van der Waals surface area contributed by atoms with Crippen LogP contribution >= 0.6 is 11.3 Å². The van der Waals surface area contributed by atoms with E-state index >= 15 is 0 Å². The molecule has 0 radical (unpaired) electrons. The minimum atomic E-state index is -1.82. The van der Waals surface area contributed by atoms with Gasteiger partial charge in [0.05, 0.1) is 0 Å². The molecular formula is C12H17NO4S. The molecule has 1 fully saturated rings. The van der Waals surface area contributed by atoms with Crippen LogP contribution < -0.4 is 5.32 Å². The molecule has 6 heteroatoms. The number of rotatable bonds is 1. The van der Waals surface area contributed by atoms with Gasteiger partial charge in [0.2, 0.25) is 0 Å². The quantitative estimate of drug-likeness (QED) is 0.681. The Hall–Kier alpha value is -1.40. The van der Waals surface area contributed by atoms with E-state index in [1.807, 2.05) is 11.3 Å². The Balaban J connectivity index is 0.000000232. The largest absolute Gasteiger partial charge is 0.473 e. The molecule has 5 nitrogen and oxygen atoms in total. The van der Waals surface area contributed by atoms with Gasteiger partial charge in [-0.1, -0.05) is 18.9 Å². The van der Waals surface area contributed by atoms with Gasteiger partial charge in [-0.05, 0) is 30.8 Å². The van der Waals surface area contributed by atoms with Crippen LogP contribution in [0.5, 0.6) is 0 Å². The van der Waals surface area contributed by atoms with Gasteiger partial charge in [-0.2, -0.15) is 0 Å². The van der Waals surface area contributed by atoms with E-state index in [4.69, 9.17) is 19.8 Å². The lowest BCUT2D eigenvalue weighted by Gasteiger charge is -2.12. The normalized spacial score (nSPS) is 19.2. The highest BCUT2D eigenvalue weighted by atomic mass is 32.1. The maximum absolute atomic E-state index is 9.10. The lowest BCUT2D eigenvalue weighted by molar-refractivity contribution is -0.159. The molecule has 0 aliphatic carbocycles. The number of hydrogen-bond donors (Lipinski definition) is 3. The van der Waals surface area contributed by atoms with Crippen molar-refractivity contribution in [3.05, 3.63) is 22.4 Å². The number of carbonyl (C=O) groups is 2. The monoisotopic (exact) mass is 271 g/mol. The summed E-state index contributed by atoms with van der Waals surface area (Å²) in [5.74, 6) is -3.65. The molecule has 1 aromatic heterocycles. The Morgan fingerprint density at radius 2 is 1.94 bits per heavy atom. The maximum Gasteiger partial charge on any atom is 0.414 e. The van der Waals surface area contributed by atoms with Crippen LogP contribution in [0, 0.1) is 0 Å². The zero-order chi connectivity index (χ0) is 13.4. The first-order chi connectivity index (χ1) is 8.61. The zero-order valence-corrected chi connectivity index (χ0v) is 10.8. The molecule has 3 N–H and O–H groups in total. The van der Waals surface area contributed by atoms with E-state index in [0.29, 0.717) is 6.04 Å². The molecule has 18 heavy (non-hydrogen) atoms. The van der Waals surface area contributed by atoms with Gasteiger partial charge in [-0.25, -0.2) is 9.59 Å². The Morgan fingerprint density at radius 3 is 2.50 bits per heavy atom. The SMILES string of the molecule is O=C(O)C(=O)O.c1csc(C2CCCCCN2)c1. The van der Waals surface area contributed by atoms with Crippen LogP contribution in [0.2, 0.25) is 0 Å². The van der Waals surface area contributed by atoms with Crippen molar-refractivity contribution in [1.82, 2.24) is 5.32 Å². The fraction of sp³-hybridized carbons (Fsp3) is 0.500. The Bertz CT molecular complexity index is 357. The molecule has 0 bridgehead atoms. The molecule has 100 valence electrons. The minimum absolute atomic E-state index is 0.646. The highest BCUT2D eigenvalue weighted by Gasteiger charge is 2.13. The lowest BCUT2D eigenvalue weighted by atomic mass is 10.1. The van der Waals surface area contributed by atoms with Crippen LogP contribution in [-0.4, -0.2) is 28.7 Å². The Morgan fingerprint density at radius 1 is 1.22 bits per heavy atom. The van der Waals surface area contributed by atoms with Gasteiger partial charge in [-0.3, -0.25) is 0 Å². The summed E-state index contributed by atoms with van der Waals surface area (Å²) in [5.41, 5.74) is 0. The fourth-order valence-corrected chi connectivity index (χ4v) is 2.60. The van der Waals surface area contributed by atoms with Crippen LogP contribution in [0.4, 0.5) is 0 Å². The topological polar surface area (TPSA) is 86.6 Å². The molecule has 0 aromatic carbocycles. The number of thiophene rings is 1. The standard InChI is InChI=1S/C10H15NS.C2H2O4/c1-2-5-9(11-7-3-1)10-6-4-8-12-10;3-1(4)2(5)6/h4,6,8-9,11H,1-3,5,7H2;(H,3,4)(H,5,6). The second-order valence-electron chi connectivity index (χ2n) is 3.98. The van der Waals surface area contributed by atoms with E-state index in [1.165, 1.54) is 37.1 Å². The summed E-state index contributed by atoms with van der Waals surface area (Å²) in [4.78, 5) is 19.7. The molecule has 1 aromatic rings. The van der Waals surface area contributed by atoms with Crippen LogP contribution in [-0.2, 0) is 9.59 Å². The molecule has 2 heterocycles. The highest BCUT2D eigenvalue weighted by Crippen LogP contribution is 2.25. The predicted octanol–water partition coefficient (Wildman–Crippen LogP) is 2.11. The van der Waals surface area contributed by atoms with Gasteiger partial charge in [0.15, 0.2) is 0 Å². The molecule has 2 rings (SSSR count). The van der Waals surface area contributed by atoms with Crippen molar-refractivity contribution >= 4 is 23.3 Å². The van der Waals surface area contributed by atoms with Gasteiger partial charge in [0, 0.05) is 10.9 Å². The number of aliphatic carboxylic acids is 2. The highest BCUT2D eigenvalue weighted by molar-refractivity contribution is 7.10. The minimum Gasteiger partial charge on any atom is -0.473 e. The van der Waals surface area contributed by atoms with E-state index in [9.17, 15) is 0 Å². The number of nitrogens with one attached hydrogen (secondary N) is 1. The summed E-state index contributed by atoms with van der Waals surface area (Å²) in [6, 6.07) is 5.03. The van der Waals surface area contributed by atoms with Gasteiger partial charge in [0.25, 0.3) is 0 Å². The van der Waals surface area contributed by atoms with Crippen molar-refractivity contribution in [2.24, 2.45) is 0 Å². The first-order valence-electron chi connectivity index (χ1n) is 5.84. The predicted molar refractivity (Wildman–Crippen MR) is 68.8 cm³/mol. The summed E-state index contributed by atoms with van der Waals surface area (Å²) in [7, 11) is 0. The molecule has 1 atom stereocenters. The van der Waals surface area contributed by atoms with Crippen LogP contribution in [0.25, 0.3) is 0 Å². The van der Waals surface area contributed by atoms with Crippen molar-refractivity contribution < 1.29 is 19.8 Å². The second kappa shape index (κ2) is 7.84. The summed E-state index contributed by atoms with van der Waals surface area (Å²) < 4.78 is 0. The van der Waals surface area contributed by atoms with Crippen molar-refractivity contribution in [1.29, 1.82) is 0 Å². The van der Waals surface area contributed by atoms with Gasteiger partial charge >= 0.3 is 11.9 Å². The van der Waals surface area contributed by atoms with Crippen LogP contribution in [0.1, 0.15) is 36.6 Å². The summed E-state index contributed by atoms with van der Waals surface area (Å²) in [6.45, 7) is 1.20. The van der Waals surface area contributed by atoms with E-state index in [0.717, 1.165) is 0 Å². The third-order valence-electron chi connectivity index (χ3n) is 2.63. The average Bonchev–Trinajstić information content (AvgIpc) is 2.73. The molecule has 1 unspecified atom stereocenters. The molecule has 1 aliphatic heterocycles. The molecule has 1 saturated heterocycles. The maximum atomic E-state index is 9.10. The fourth-order valence-electron chi connectivity index (χ4n) is 1.76. The van der Waals surface area contributed by atoms with Crippen molar-refractivity contribution in [2.75, 3.05) is 6.54 Å². The zero-order valence-electron chi connectivity index (χ0n) is 9.96. The Kier molecular flexibility index (Phi) is 6.38. The molecule has 0 amide bonds. The average molecular weight is 271 g/mol. The van der Waals surface area contributed by atoms with E-state index in [-0.39, 0.29) is 0 Å². The molecule has 0 saturated carbocycles. The first kappa shape index (κ1) is 14.7. The van der Waals surface area contributed by atoms with Gasteiger partial charge in [-0.15, -0.1) is 11.3 Å². The summed E-state index contributed by atoms with van der Waals surface area (Å²) in [6.07, 6.45) is 5.45. The van der Waals surface area contributed by atoms with Gasteiger partial charge < -0.3 is 15.5 Å². The Labute approximate surface area is 109 Å². The summed E-state index contributed by atoms with van der Waals surface area (Å²) >= 11 is 1.88. The summed E-state index contributed by atoms with van der Waals surface area (Å²) in [5, 5.41) is 20.5. The van der Waals surface area contributed by atoms with Crippen molar-refractivity contribution in [3.8, 4) is 0 Å². The molecule has 0 spiro atoms. The first-order valence-corrected chi connectivity index (χ1v) is 6.72. The van der Waals surface area contributed by atoms with Crippen molar-refractivity contribution in [3.63, 3.8) is 0 Å². The van der Waals surface area contributed by atoms with E-state index in [2.05, 4.69) is 22.8 Å². The number of hydrogen-bond acceptors (Lipinski definition) is 4. The number of carboxylic acid groups (broad SMARTS) is 2. The van der Waals surface area contributed by atoms with Crippen LogP contribution in [0.15, 0.2) is 17.5 Å². The van der Waals surface area contributed by atoms with Crippen LogP contribution in [0.3, 0.4) is 0 Å². The van der Waals surface area contributed by atoms with E-state index < -0.39 is 11.9 Å². The third kappa shape index (κ3) is 5.29.